The fraction of sp³-hybridized carbons (Fsp3) is 0.250. The average Bonchev–Trinajstić information content (AvgIpc) is 2.87. The number of benzene rings is 2. The minimum Gasteiger partial charge on any atom is -0.496 e. The number of dihydropyridines is 1. The third kappa shape index (κ3) is 3.73. The molecule has 0 saturated heterocycles. The van der Waals surface area contributed by atoms with Gasteiger partial charge in [0, 0.05) is 34.9 Å². The van der Waals surface area contributed by atoms with Crippen molar-refractivity contribution in [3.63, 3.8) is 0 Å². The summed E-state index contributed by atoms with van der Waals surface area (Å²) in [7, 11) is 2.89. The lowest BCUT2D eigenvalue weighted by atomic mass is 9.71. The Morgan fingerprint density at radius 2 is 1.74 bits per heavy atom. The van der Waals surface area contributed by atoms with E-state index in [-0.39, 0.29) is 34.7 Å². The molecule has 5 rings (SSSR count). The van der Waals surface area contributed by atoms with E-state index in [2.05, 4.69) is 5.32 Å². The Bertz CT molecular complexity index is 1480. The van der Waals surface area contributed by atoms with Gasteiger partial charge in [0.25, 0.3) is 0 Å². The smallest absolute Gasteiger partial charge is 0.336 e. The largest absolute Gasteiger partial charge is 0.496 e. The summed E-state index contributed by atoms with van der Waals surface area (Å²) in [6, 6.07) is 14.6. The van der Waals surface area contributed by atoms with Crippen molar-refractivity contribution in [2.75, 3.05) is 14.2 Å². The van der Waals surface area contributed by atoms with E-state index in [1.807, 2.05) is 24.3 Å². The lowest BCUT2D eigenvalue weighted by Gasteiger charge is -2.36. The highest BCUT2D eigenvalue weighted by Crippen LogP contribution is 2.46. The van der Waals surface area contributed by atoms with Gasteiger partial charge in [-0.25, -0.2) is 4.79 Å². The Labute approximate surface area is 202 Å². The van der Waals surface area contributed by atoms with Gasteiger partial charge in [-0.15, -0.1) is 0 Å². The number of carbonyl (C=O) groups excluding carboxylic acids is 2. The molecule has 2 heterocycles. The van der Waals surface area contributed by atoms with Crippen molar-refractivity contribution >= 4 is 22.7 Å². The lowest BCUT2D eigenvalue weighted by molar-refractivity contribution is -0.136. The van der Waals surface area contributed by atoms with Gasteiger partial charge in [0.2, 0.25) is 0 Å². The molecule has 0 amide bonds. The molecule has 3 aromatic rings. The Morgan fingerprint density at radius 1 is 1.00 bits per heavy atom. The van der Waals surface area contributed by atoms with Crippen LogP contribution >= 0.6 is 0 Å². The van der Waals surface area contributed by atoms with Gasteiger partial charge < -0.3 is 19.2 Å². The van der Waals surface area contributed by atoms with Gasteiger partial charge in [0.1, 0.15) is 11.3 Å². The molecular formula is C28H25NO6. The molecule has 0 fully saturated rings. The Morgan fingerprint density at radius 3 is 2.51 bits per heavy atom. The Hall–Kier alpha value is -4.13. The average molecular weight is 472 g/mol. The summed E-state index contributed by atoms with van der Waals surface area (Å²) in [4.78, 5) is 40.1. The summed E-state index contributed by atoms with van der Waals surface area (Å²) in [5, 5.41) is 3.66. The van der Waals surface area contributed by atoms with Crippen LogP contribution < -0.4 is 15.5 Å². The highest BCUT2D eigenvalue weighted by molar-refractivity contribution is 6.04. The summed E-state index contributed by atoms with van der Waals surface area (Å²) < 4.78 is 16.3. The minimum atomic E-state index is -0.884. The van der Waals surface area contributed by atoms with Crippen LogP contribution in [0.4, 0.5) is 0 Å². The molecule has 1 aliphatic heterocycles. The van der Waals surface area contributed by atoms with E-state index in [1.54, 1.807) is 38.3 Å². The zero-order chi connectivity index (χ0) is 24.7. The number of esters is 1. The van der Waals surface area contributed by atoms with Crippen molar-refractivity contribution in [1.29, 1.82) is 0 Å². The molecule has 0 saturated carbocycles. The summed E-state index contributed by atoms with van der Waals surface area (Å²) >= 11 is 0. The number of methoxy groups -OCH3 is 2. The molecule has 35 heavy (non-hydrogen) atoms. The molecule has 0 radical (unpaired) electrons. The third-order valence-corrected chi connectivity index (χ3v) is 6.83. The van der Waals surface area contributed by atoms with Crippen LogP contribution in [0.2, 0.25) is 0 Å². The first-order chi connectivity index (χ1) is 16.9. The fourth-order valence-electron chi connectivity index (χ4n) is 5.25. The molecule has 1 N–H and O–H groups in total. The summed E-state index contributed by atoms with van der Waals surface area (Å²) in [5.41, 5.74) is 3.22. The van der Waals surface area contributed by atoms with E-state index in [0.29, 0.717) is 34.4 Å². The number of hydrogen-bond acceptors (Lipinski definition) is 7. The maximum Gasteiger partial charge on any atom is 0.336 e. The van der Waals surface area contributed by atoms with Crippen LogP contribution in [-0.2, 0) is 14.3 Å². The standard InChI is InChI=1S/C28H25NO6/c1-15-24(28(32)34-3)25(19-14-35-23-11-7-5-9-18(23)27(19)31)26-20(29-15)12-16(13-21(26)30)17-8-4-6-10-22(17)33-2/h4-11,14,16,25,29H,12-13H2,1-3H3/t16-,25+/m0/s1. The number of Topliss-reactive ketones (excluding diaryl/α,β-unsaturated/α-hetero) is 1. The maximum absolute atomic E-state index is 13.7. The maximum atomic E-state index is 13.7. The molecule has 178 valence electrons. The predicted molar refractivity (Wildman–Crippen MR) is 130 cm³/mol. The number of carbonyl (C=O) groups is 2. The molecule has 0 unspecified atom stereocenters. The molecule has 0 bridgehead atoms. The number of fused-ring (bicyclic) bond motifs is 1. The van der Waals surface area contributed by atoms with Gasteiger partial charge in [-0.3, -0.25) is 9.59 Å². The van der Waals surface area contributed by atoms with Crippen LogP contribution in [0, 0.1) is 0 Å². The molecule has 0 spiro atoms. The van der Waals surface area contributed by atoms with Crippen molar-refractivity contribution < 1.29 is 23.5 Å². The van der Waals surface area contributed by atoms with Crippen LogP contribution in [0.15, 0.2) is 86.5 Å². The molecule has 2 atom stereocenters. The monoisotopic (exact) mass is 471 g/mol. The Balaban J connectivity index is 1.68. The van der Waals surface area contributed by atoms with Crippen LogP contribution in [0.25, 0.3) is 11.0 Å². The molecule has 1 aliphatic carbocycles. The minimum absolute atomic E-state index is 0.106. The zero-order valence-corrected chi connectivity index (χ0v) is 19.7. The number of rotatable bonds is 4. The second kappa shape index (κ2) is 8.91. The van der Waals surface area contributed by atoms with Crippen molar-refractivity contribution in [3.8, 4) is 5.75 Å². The van der Waals surface area contributed by atoms with Gasteiger partial charge in [0.15, 0.2) is 11.2 Å². The van der Waals surface area contributed by atoms with Gasteiger partial charge >= 0.3 is 5.97 Å². The number of nitrogens with one attached hydrogen (secondary N) is 1. The number of ether oxygens (including phenoxy) is 2. The molecule has 7 heteroatoms. The fourth-order valence-corrected chi connectivity index (χ4v) is 5.25. The van der Waals surface area contributed by atoms with E-state index < -0.39 is 11.9 Å². The van der Waals surface area contributed by atoms with E-state index in [1.165, 1.54) is 13.4 Å². The molecule has 1 aromatic heterocycles. The van der Waals surface area contributed by atoms with Crippen LogP contribution in [0.3, 0.4) is 0 Å². The number of allylic oxidation sites excluding steroid dienone is 3. The van der Waals surface area contributed by atoms with Gasteiger partial charge in [-0.1, -0.05) is 30.3 Å². The summed E-state index contributed by atoms with van der Waals surface area (Å²) in [5.74, 6) is -1.00. The van der Waals surface area contributed by atoms with E-state index >= 15 is 0 Å². The third-order valence-electron chi connectivity index (χ3n) is 6.83. The summed E-state index contributed by atoms with van der Waals surface area (Å²) in [6.45, 7) is 1.75. The first-order valence-corrected chi connectivity index (χ1v) is 11.4. The number of para-hydroxylation sites is 2. The molecule has 7 nitrogen and oxygen atoms in total. The highest BCUT2D eigenvalue weighted by Gasteiger charge is 2.43. The predicted octanol–water partition coefficient (Wildman–Crippen LogP) is 4.34. The lowest BCUT2D eigenvalue weighted by Crippen LogP contribution is -2.37. The molecule has 2 aliphatic rings. The van der Waals surface area contributed by atoms with Crippen LogP contribution in [0.5, 0.6) is 5.75 Å². The van der Waals surface area contributed by atoms with Crippen molar-refractivity contribution in [2.24, 2.45) is 0 Å². The number of ketones is 1. The second-order valence-corrected chi connectivity index (χ2v) is 8.77. The van der Waals surface area contributed by atoms with E-state index in [0.717, 1.165) is 11.3 Å². The van der Waals surface area contributed by atoms with Gasteiger partial charge in [0.05, 0.1) is 37.4 Å². The van der Waals surface area contributed by atoms with Crippen LogP contribution in [0.1, 0.15) is 42.7 Å². The van der Waals surface area contributed by atoms with Crippen LogP contribution in [-0.4, -0.2) is 26.0 Å². The molecule has 2 aromatic carbocycles. The highest BCUT2D eigenvalue weighted by atomic mass is 16.5. The first kappa shape index (κ1) is 22.7. The Kier molecular flexibility index (Phi) is 5.76. The molecular weight excluding hydrogens is 446 g/mol. The van der Waals surface area contributed by atoms with Crippen molar-refractivity contribution in [1.82, 2.24) is 5.32 Å². The zero-order valence-electron chi connectivity index (χ0n) is 19.7. The van der Waals surface area contributed by atoms with Gasteiger partial charge in [-0.2, -0.15) is 0 Å². The second-order valence-electron chi connectivity index (χ2n) is 8.77. The van der Waals surface area contributed by atoms with Crippen molar-refractivity contribution in [3.05, 3.63) is 98.7 Å². The number of hydrogen-bond donors (Lipinski definition) is 1. The van der Waals surface area contributed by atoms with E-state index in [9.17, 15) is 14.4 Å². The van der Waals surface area contributed by atoms with E-state index in [4.69, 9.17) is 13.9 Å². The summed E-state index contributed by atoms with van der Waals surface area (Å²) in [6.07, 6.45) is 2.12. The van der Waals surface area contributed by atoms with Gasteiger partial charge in [-0.05, 0) is 37.1 Å². The topological polar surface area (TPSA) is 94.8 Å². The normalized spacial score (nSPS) is 19.9. The quantitative estimate of drug-likeness (QED) is 0.566. The van der Waals surface area contributed by atoms with Crippen molar-refractivity contribution in [2.45, 2.75) is 31.6 Å². The SMILES string of the molecule is COC(=O)C1=C(C)NC2=C(C(=O)C[C@@H](c3ccccc3OC)C2)[C@@H]1c1coc2ccccc2c1=O. The first-order valence-electron chi connectivity index (χ1n) is 11.4.